The summed E-state index contributed by atoms with van der Waals surface area (Å²) in [5.41, 5.74) is 1.66. The molecule has 0 saturated carbocycles. The van der Waals surface area contributed by atoms with Crippen molar-refractivity contribution in [2.45, 2.75) is 6.54 Å². The van der Waals surface area contributed by atoms with Crippen molar-refractivity contribution in [3.05, 3.63) is 47.8 Å². The van der Waals surface area contributed by atoms with Crippen molar-refractivity contribution in [1.29, 1.82) is 0 Å². The van der Waals surface area contributed by atoms with E-state index in [4.69, 9.17) is 14.2 Å². The molecule has 0 bridgehead atoms. The highest BCUT2D eigenvalue weighted by Gasteiger charge is 2.27. The number of hydrogen-bond acceptors (Lipinski definition) is 6. The van der Waals surface area contributed by atoms with Crippen LogP contribution in [0.4, 0.5) is 0 Å². The van der Waals surface area contributed by atoms with E-state index >= 15 is 0 Å². The minimum atomic E-state index is -0.0613. The zero-order valence-electron chi connectivity index (χ0n) is 16.0. The van der Waals surface area contributed by atoms with Crippen molar-refractivity contribution in [3.8, 4) is 17.2 Å². The van der Waals surface area contributed by atoms with Gasteiger partial charge in [0.1, 0.15) is 0 Å². The number of methoxy groups -OCH3 is 3. The first-order chi connectivity index (χ1) is 13.2. The lowest BCUT2D eigenvalue weighted by Gasteiger charge is -2.35. The molecule has 0 atom stereocenters. The van der Waals surface area contributed by atoms with E-state index in [1.807, 2.05) is 17.2 Å². The number of ether oxygens (including phenoxy) is 3. The summed E-state index contributed by atoms with van der Waals surface area (Å²) in [6.45, 7) is 3.80. The van der Waals surface area contributed by atoms with E-state index in [1.54, 1.807) is 25.4 Å². The van der Waals surface area contributed by atoms with Crippen LogP contribution in [-0.4, -0.2) is 68.2 Å². The summed E-state index contributed by atoms with van der Waals surface area (Å²) >= 11 is 0. The number of pyridine rings is 1. The van der Waals surface area contributed by atoms with Crippen molar-refractivity contribution in [1.82, 2.24) is 14.8 Å². The van der Waals surface area contributed by atoms with Crippen LogP contribution < -0.4 is 14.2 Å². The predicted molar refractivity (Wildman–Crippen MR) is 102 cm³/mol. The average molecular weight is 371 g/mol. The SMILES string of the molecule is COc1ccc(C(=O)N2CCN(Cc3cccnc3)CC2)c(OC)c1OC. The lowest BCUT2D eigenvalue weighted by molar-refractivity contribution is 0.0624. The van der Waals surface area contributed by atoms with Crippen molar-refractivity contribution < 1.29 is 19.0 Å². The van der Waals surface area contributed by atoms with E-state index in [-0.39, 0.29) is 5.91 Å². The van der Waals surface area contributed by atoms with Crippen LogP contribution in [0.5, 0.6) is 17.2 Å². The molecular formula is C20H25N3O4. The van der Waals surface area contributed by atoms with Gasteiger partial charge in [0.2, 0.25) is 5.75 Å². The molecule has 2 aromatic rings. The molecule has 7 nitrogen and oxygen atoms in total. The Morgan fingerprint density at radius 2 is 1.74 bits per heavy atom. The molecular weight excluding hydrogens is 346 g/mol. The molecule has 1 saturated heterocycles. The Hall–Kier alpha value is -2.80. The maximum Gasteiger partial charge on any atom is 0.257 e. The zero-order chi connectivity index (χ0) is 19.2. The summed E-state index contributed by atoms with van der Waals surface area (Å²) in [5, 5.41) is 0. The first-order valence-electron chi connectivity index (χ1n) is 8.87. The minimum Gasteiger partial charge on any atom is -0.493 e. The van der Waals surface area contributed by atoms with Gasteiger partial charge in [-0.1, -0.05) is 6.07 Å². The van der Waals surface area contributed by atoms with Gasteiger partial charge < -0.3 is 19.1 Å². The van der Waals surface area contributed by atoms with Crippen LogP contribution in [0.15, 0.2) is 36.7 Å². The Morgan fingerprint density at radius 3 is 2.33 bits per heavy atom. The maximum absolute atomic E-state index is 13.0. The Bertz CT molecular complexity index is 774. The molecule has 27 heavy (non-hydrogen) atoms. The number of rotatable bonds is 6. The molecule has 0 spiro atoms. The average Bonchev–Trinajstić information content (AvgIpc) is 2.73. The maximum atomic E-state index is 13.0. The molecule has 7 heteroatoms. The van der Waals surface area contributed by atoms with E-state index in [2.05, 4.69) is 16.0 Å². The van der Waals surface area contributed by atoms with Gasteiger partial charge in [0.05, 0.1) is 26.9 Å². The summed E-state index contributed by atoms with van der Waals surface area (Å²) < 4.78 is 16.1. The van der Waals surface area contributed by atoms with Crippen molar-refractivity contribution in [2.75, 3.05) is 47.5 Å². The molecule has 0 radical (unpaired) electrons. The fraction of sp³-hybridized carbons (Fsp3) is 0.400. The molecule has 1 aromatic carbocycles. The number of carbonyl (C=O) groups is 1. The predicted octanol–water partition coefficient (Wildman–Crippen LogP) is 2.07. The summed E-state index contributed by atoms with van der Waals surface area (Å²) in [4.78, 5) is 21.4. The summed E-state index contributed by atoms with van der Waals surface area (Å²) in [5.74, 6) is 1.31. The zero-order valence-corrected chi connectivity index (χ0v) is 16.0. The quantitative estimate of drug-likeness (QED) is 0.775. The van der Waals surface area contributed by atoms with Gasteiger partial charge in [-0.05, 0) is 23.8 Å². The van der Waals surface area contributed by atoms with Gasteiger partial charge in [-0.15, -0.1) is 0 Å². The first-order valence-corrected chi connectivity index (χ1v) is 8.87. The molecule has 1 aliphatic heterocycles. The van der Waals surface area contributed by atoms with Gasteiger partial charge in [0.25, 0.3) is 5.91 Å². The summed E-state index contributed by atoms with van der Waals surface area (Å²) in [6.07, 6.45) is 3.66. The number of benzene rings is 1. The lowest BCUT2D eigenvalue weighted by atomic mass is 10.1. The van der Waals surface area contributed by atoms with Gasteiger partial charge in [-0.3, -0.25) is 14.7 Å². The van der Waals surface area contributed by atoms with Gasteiger partial charge in [0, 0.05) is 45.1 Å². The Kier molecular flexibility index (Phi) is 6.13. The monoisotopic (exact) mass is 371 g/mol. The van der Waals surface area contributed by atoms with Crippen molar-refractivity contribution in [3.63, 3.8) is 0 Å². The molecule has 1 aliphatic rings. The van der Waals surface area contributed by atoms with Gasteiger partial charge in [0.15, 0.2) is 11.5 Å². The highest BCUT2D eigenvalue weighted by atomic mass is 16.5. The second-order valence-electron chi connectivity index (χ2n) is 6.31. The smallest absolute Gasteiger partial charge is 0.257 e. The van der Waals surface area contributed by atoms with Crippen LogP contribution in [0.2, 0.25) is 0 Å². The highest BCUT2D eigenvalue weighted by Crippen LogP contribution is 2.40. The molecule has 0 unspecified atom stereocenters. The molecule has 1 amide bonds. The van der Waals surface area contributed by atoms with Crippen molar-refractivity contribution >= 4 is 5.91 Å². The fourth-order valence-corrected chi connectivity index (χ4v) is 3.30. The number of aromatic nitrogens is 1. The van der Waals surface area contributed by atoms with E-state index < -0.39 is 0 Å². The number of amides is 1. The molecule has 2 heterocycles. The van der Waals surface area contributed by atoms with E-state index in [0.717, 1.165) is 19.6 Å². The molecule has 3 rings (SSSR count). The van der Waals surface area contributed by atoms with Crippen LogP contribution in [0.25, 0.3) is 0 Å². The third-order valence-corrected chi connectivity index (χ3v) is 4.72. The normalized spacial score (nSPS) is 14.7. The van der Waals surface area contributed by atoms with Crippen molar-refractivity contribution in [2.24, 2.45) is 0 Å². The van der Waals surface area contributed by atoms with Crippen LogP contribution in [0.3, 0.4) is 0 Å². The Balaban J connectivity index is 1.69. The summed E-state index contributed by atoms with van der Waals surface area (Å²) in [7, 11) is 4.62. The standard InChI is InChI=1S/C20H25N3O4/c1-25-17-7-6-16(18(26-2)19(17)27-3)20(24)23-11-9-22(10-12-23)14-15-5-4-8-21-13-15/h4-8,13H,9-12,14H2,1-3H3. The van der Waals surface area contributed by atoms with E-state index in [1.165, 1.54) is 19.8 Å². The first kappa shape index (κ1) is 19.0. The number of carbonyl (C=O) groups excluding carboxylic acids is 1. The second kappa shape index (κ2) is 8.73. The summed E-state index contributed by atoms with van der Waals surface area (Å²) in [6, 6.07) is 7.47. The molecule has 0 N–H and O–H groups in total. The van der Waals surface area contributed by atoms with Crippen LogP contribution >= 0.6 is 0 Å². The molecule has 1 fully saturated rings. The van der Waals surface area contributed by atoms with Gasteiger partial charge in [-0.25, -0.2) is 0 Å². The molecule has 0 aliphatic carbocycles. The second-order valence-corrected chi connectivity index (χ2v) is 6.31. The number of piperazine rings is 1. The largest absolute Gasteiger partial charge is 0.493 e. The lowest BCUT2D eigenvalue weighted by Crippen LogP contribution is -2.48. The third-order valence-electron chi connectivity index (χ3n) is 4.72. The Morgan fingerprint density at radius 1 is 1.00 bits per heavy atom. The molecule has 144 valence electrons. The minimum absolute atomic E-state index is 0.0613. The van der Waals surface area contributed by atoms with E-state index in [0.29, 0.717) is 35.9 Å². The van der Waals surface area contributed by atoms with Crippen LogP contribution in [0.1, 0.15) is 15.9 Å². The molecule has 1 aromatic heterocycles. The van der Waals surface area contributed by atoms with Gasteiger partial charge in [-0.2, -0.15) is 0 Å². The number of hydrogen-bond donors (Lipinski definition) is 0. The highest BCUT2D eigenvalue weighted by molar-refractivity contribution is 5.98. The van der Waals surface area contributed by atoms with E-state index in [9.17, 15) is 4.79 Å². The third kappa shape index (κ3) is 4.14. The fourth-order valence-electron chi connectivity index (χ4n) is 3.30. The number of nitrogens with zero attached hydrogens (tertiary/aromatic N) is 3. The van der Waals surface area contributed by atoms with Crippen LogP contribution in [-0.2, 0) is 6.54 Å². The van der Waals surface area contributed by atoms with Crippen LogP contribution in [0, 0.1) is 0 Å². The van der Waals surface area contributed by atoms with Gasteiger partial charge >= 0.3 is 0 Å². The Labute approximate surface area is 159 Å². The topological polar surface area (TPSA) is 64.1 Å².